The van der Waals surface area contributed by atoms with Crippen molar-refractivity contribution in [1.82, 2.24) is 5.32 Å². The Balaban J connectivity index is 1.93. The van der Waals surface area contributed by atoms with E-state index in [-0.39, 0.29) is 0 Å². The van der Waals surface area contributed by atoms with Crippen molar-refractivity contribution >= 4 is 0 Å². The highest BCUT2D eigenvalue weighted by Gasteiger charge is 2.24. The largest absolute Gasteiger partial charge is 0.310 e. The van der Waals surface area contributed by atoms with Crippen LogP contribution in [0.15, 0.2) is 18.2 Å². The second-order valence-electron chi connectivity index (χ2n) is 5.02. The second-order valence-corrected chi connectivity index (χ2v) is 5.02. The maximum atomic E-state index is 3.65. The molecule has 82 valence electrons. The molecule has 1 aromatic rings. The third-order valence-corrected chi connectivity index (χ3v) is 3.59. The van der Waals surface area contributed by atoms with E-state index < -0.39 is 0 Å². The summed E-state index contributed by atoms with van der Waals surface area (Å²) in [5.74, 6) is 0.931. The molecule has 2 rings (SSSR count). The summed E-state index contributed by atoms with van der Waals surface area (Å²) in [6.45, 7) is 7.77. The van der Waals surface area contributed by atoms with Gasteiger partial charge in [-0.1, -0.05) is 25.1 Å². The van der Waals surface area contributed by atoms with Crippen molar-refractivity contribution < 1.29 is 0 Å². The lowest BCUT2D eigenvalue weighted by molar-refractivity contribution is 0.240. The molecule has 1 heteroatoms. The van der Waals surface area contributed by atoms with Crippen LogP contribution in [0.25, 0.3) is 0 Å². The standard InChI is InChI=1S/C14H21N/c1-10-7-13(8-10)15-9-14-11(2)5-4-6-12(14)3/h4-6,10,13,15H,7-9H2,1-3H3. The maximum absolute atomic E-state index is 3.65. The van der Waals surface area contributed by atoms with E-state index in [1.807, 2.05) is 0 Å². The Hall–Kier alpha value is -0.820. The molecular weight excluding hydrogens is 182 g/mol. The van der Waals surface area contributed by atoms with Crippen LogP contribution in [-0.2, 0) is 6.54 Å². The van der Waals surface area contributed by atoms with Crippen LogP contribution in [0.4, 0.5) is 0 Å². The summed E-state index contributed by atoms with van der Waals surface area (Å²) in [5.41, 5.74) is 4.31. The van der Waals surface area contributed by atoms with Gasteiger partial charge in [0.25, 0.3) is 0 Å². The monoisotopic (exact) mass is 203 g/mol. The SMILES string of the molecule is Cc1cccc(C)c1CNC1CC(C)C1. The Morgan fingerprint density at radius 3 is 2.33 bits per heavy atom. The maximum Gasteiger partial charge on any atom is 0.0213 e. The zero-order chi connectivity index (χ0) is 10.8. The van der Waals surface area contributed by atoms with Crippen molar-refractivity contribution in [2.24, 2.45) is 5.92 Å². The lowest BCUT2D eigenvalue weighted by atomic mass is 9.82. The third-order valence-electron chi connectivity index (χ3n) is 3.59. The van der Waals surface area contributed by atoms with Crippen LogP contribution in [0, 0.1) is 19.8 Å². The number of hydrogen-bond donors (Lipinski definition) is 1. The molecule has 15 heavy (non-hydrogen) atoms. The molecule has 0 unspecified atom stereocenters. The van der Waals surface area contributed by atoms with Crippen LogP contribution < -0.4 is 5.32 Å². The van der Waals surface area contributed by atoms with Crippen molar-refractivity contribution in [2.75, 3.05) is 0 Å². The van der Waals surface area contributed by atoms with Crippen molar-refractivity contribution in [3.8, 4) is 0 Å². The molecule has 0 amide bonds. The summed E-state index contributed by atoms with van der Waals surface area (Å²) in [6.07, 6.45) is 2.70. The van der Waals surface area contributed by atoms with Gasteiger partial charge in [0.15, 0.2) is 0 Å². The van der Waals surface area contributed by atoms with Crippen molar-refractivity contribution in [1.29, 1.82) is 0 Å². The van der Waals surface area contributed by atoms with Gasteiger partial charge >= 0.3 is 0 Å². The number of aryl methyl sites for hydroxylation is 2. The van der Waals surface area contributed by atoms with Gasteiger partial charge in [-0.25, -0.2) is 0 Å². The Morgan fingerprint density at radius 1 is 1.20 bits per heavy atom. The molecule has 1 nitrogen and oxygen atoms in total. The predicted molar refractivity (Wildman–Crippen MR) is 64.9 cm³/mol. The van der Waals surface area contributed by atoms with Crippen LogP contribution in [-0.4, -0.2) is 6.04 Å². The summed E-state index contributed by atoms with van der Waals surface area (Å²) < 4.78 is 0. The highest BCUT2D eigenvalue weighted by Crippen LogP contribution is 2.26. The van der Waals surface area contributed by atoms with Crippen LogP contribution in [0.5, 0.6) is 0 Å². The smallest absolute Gasteiger partial charge is 0.0213 e. The van der Waals surface area contributed by atoms with E-state index in [9.17, 15) is 0 Å². The molecule has 0 radical (unpaired) electrons. The summed E-state index contributed by atoms with van der Waals surface area (Å²) in [7, 11) is 0. The van der Waals surface area contributed by atoms with Gasteiger partial charge in [-0.2, -0.15) is 0 Å². The number of benzene rings is 1. The van der Waals surface area contributed by atoms with Gasteiger partial charge in [-0.05, 0) is 49.3 Å². The Labute approximate surface area is 92.9 Å². The first-order valence-corrected chi connectivity index (χ1v) is 5.95. The molecule has 1 N–H and O–H groups in total. The molecule has 1 aromatic carbocycles. The Bertz CT molecular complexity index is 317. The van der Waals surface area contributed by atoms with Crippen molar-refractivity contribution in [3.63, 3.8) is 0 Å². The number of rotatable bonds is 3. The van der Waals surface area contributed by atoms with E-state index in [1.54, 1.807) is 0 Å². The van der Waals surface area contributed by atoms with E-state index >= 15 is 0 Å². The van der Waals surface area contributed by atoms with Crippen LogP contribution >= 0.6 is 0 Å². The zero-order valence-electron chi connectivity index (χ0n) is 10.0. The third kappa shape index (κ3) is 2.40. The minimum Gasteiger partial charge on any atom is -0.310 e. The van der Waals surface area contributed by atoms with Gasteiger partial charge in [-0.15, -0.1) is 0 Å². The van der Waals surface area contributed by atoms with Gasteiger partial charge in [0.1, 0.15) is 0 Å². The molecule has 1 fully saturated rings. The lowest BCUT2D eigenvalue weighted by Crippen LogP contribution is -2.39. The molecule has 0 saturated heterocycles. The fourth-order valence-corrected chi connectivity index (χ4v) is 2.44. The van der Waals surface area contributed by atoms with Gasteiger partial charge in [0, 0.05) is 12.6 Å². The summed E-state index contributed by atoms with van der Waals surface area (Å²) in [5, 5.41) is 3.65. The highest BCUT2D eigenvalue weighted by atomic mass is 14.9. The lowest BCUT2D eigenvalue weighted by Gasteiger charge is -2.33. The molecular formula is C14H21N. The second kappa shape index (κ2) is 4.36. The van der Waals surface area contributed by atoms with E-state index in [0.29, 0.717) is 0 Å². The van der Waals surface area contributed by atoms with E-state index in [0.717, 1.165) is 18.5 Å². The quantitative estimate of drug-likeness (QED) is 0.795. The van der Waals surface area contributed by atoms with E-state index in [4.69, 9.17) is 0 Å². The molecule has 0 aromatic heterocycles. The molecule has 1 saturated carbocycles. The number of hydrogen-bond acceptors (Lipinski definition) is 1. The molecule has 0 heterocycles. The van der Waals surface area contributed by atoms with Crippen LogP contribution in [0.2, 0.25) is 0 Å². The van der Waals surface area contributed by atoms with Gasteiger partial charge < -0.3 is 5.32 Å². The first-order chi connectivity index (χ1) is 7.16. The first-order valence-electron chi connectivity index (χ1n) is 5.95. The molecule has 1 aliphatic carbocycles. The minimum absolute atomic E-state index is 0.763. The fourth-order valence-electron chi connectivity index (χ4n) is 2.44. The summed E-state index contributed by atoms with van der Waals surface area (Å²) in [4.78, 5) is 0. The van der Waals surface area contributed by atoms with Gasteiger partial charge in [0.05, 0.1) is 0 Å². The Kier molecular flexibility index (Phi) is 3.11. The normalized spacial score (nSPS) is 25.0. The average Bonchev–Trinajstić information content (AvgIpc) is 2.14. The predicted octanol–water partition coefficient (Wildman–Crippen LogP) is 3.19. The van der Waals surface area contributed by atoms with Gasteiger partial charge in [-0.3, -0.25) is 0 Å². The van der Waals surface area contributed by atoms with Crippen LogP contribution in [0.1, 0.15) is 36.5 Å². The Morgan fingerprint density at radius 2 is 1.80 bits per heavy atom. The van der Waals surface area contributed by atoms with Crippen molar-refractivity contribution in [2.45, 2.75) is 46.2 Å². The minimum atomic E-state index is 0.763. The summed E-state index contributed by atoms with van der Waals surface area (Å²) >= 11 is 0. The van der Waals surface area contributed by atoms with Crippen LogP contribution in [0.3, 0.4) is 0 Å². The first kappa shape index (κ1) is 10.7. The van der Waals surface area contributed by atoms with E-state index in [1.165, 1.54) is 29.5 Å². The number of nitrogens with one attached hydrogen (secondary N) is 1. The molecule has 0 atom stereocenters. The molecule has 0 bridgehead atoms. The van der Waals surface area contributed by atoms with Crippen molar-refractivity contribution in [3.05, 3.63) is 34.9 Å². The fraction of sp³-hybridized carbons (Fsp3) is 0.571. The molecule has 1 aliphatic rings. The van der Waals surface area contributed by atoms with Gasteiger partial charge in [0.2, 0.25) is 0 Å². The highest BCUT2D eigenvalue weighted by molar-refractivity contribution is 5.33. The molecule has 0 aliphatic heterocycles. The topological polar surface area (TPSA) is 12.0 Å². The van der Waals surface area contributed by atoms with E-state index in [2.05, 4.69) is 44.3 Å². The summed E-state index contributed by atoms with van der Waals surface area (Å²) in [6, 6.07) is 7.31. The molecule has 0 spiro atoms. The average molecular weight is 203 g/mol. The zero-order valence-corrected chi connectivity index (χ0v) is 10.0.